The second kappa shape index (κ2) is 4.91. The Hall–Kier alpha value is -1.45. The molecule has 2 N–H and O–H groups in total. The third-order valence-electron chi connectivity index (χ3n) is 3.96. The molecule has 2 aromatic rings. The molecule has 0 aliphatic heterocycles. The maximum Gasteiger partial charge on any atom is 0.0771 e. The number of pyridine rings is 1. The van der Waals surface area contributed by atoms with E-state index in [4.69, 9.17) is 0 Å². The largest absolute Gasteiger partial charge is 0.389 e. The van der Waals surface area contributed by atoms with Crippen LogP contribution in [-0.2, 0) is 6.54 Å². The van der Waals surface area contributed by atoms with Crippen molar-refractivity contribution in [2.24, 2.45) is 0 Å². The van der Waals surface area contributed by atoms with Crippen LogP contribution in [-0.4, -0.2) is 22.2 Å². The minimum atomic E-state index is -0.449. The molecule has 0 saturated heterocycles. The van der Waals surface area contributed by atoms with Gasteiger partial charge in [-0.3, -0.25) is 4.98 Å². The minimum absolute atomic E-state index is 0.449. The predicted molar refractivity (Wildman–Crippen MR) is 77.0 cm³/mol. The van der Waals surface area contributed by atoms with E-state index in [2.05, 4.69) is 34.6 Å². The summed E-state index contributed by atoms with van der Waals surface area (Å²) in [6, 6.07) is 10.5. The zero-order valence-electron chi connectivity index (χ0n) is 11.3. The molecule has 1 aromatic carbocycles. The first-order valence-electron chi connectivity index (χ1n) is 6.94. The molecule has 0 radical (unpaired) electrons. The molecule has 19 heavy (non-hydrogen) atoms. The quantitative estimate of drug-likeness (QED) is 0.883. The first-order valence-corrected chi connectivity index (χ1v) is 6.94. The number of nitrogens with zero attached hydrogens (tertiary/aromatic N) is 1. The molecule has 3 rings (SSSR count). The molecule has 0 amide bonds. The zero-order valence-corrected chi connectivity index (χ0v) is 11.3. The zero-order chi connectivity index (χ0) is 13.3. The number of aromatic nitrogens is 1. The minimum Gasteiger partial charge on any atom is -0.389 e. The van der Waals surface area contributed by atoms with Gasteiger partial charge in [0.05, 0.1) is 11.1 Å². The molecule has 1 aliphatic rings. The lowest BCUT2D eigenvalue weighted by atomic mass is 9.80. The summed E-state index contributed by atoms with van der Waals surface area (Å²) in [5.74, 6) is 0. The van der Waals surface area contributed by atoms with Gasteiger partial charge in [-0.2, -0.15) is 0 Å². The van der Waals surface area contributed by atoms with Crippen molar-refractivity contribution in [3.05, 3.63) is 41.6 Å². The fourth-order valence-corrected chi connectivity index (χ4v) is 2.59. The molecule has 0 spiro atoms. The second-order valence-electron chi connectivity index (χ2n) is 5.66. The summed E-state index contributed by atoms with van der Waals surface area (Å²) < 4.78 is 0. The summed E-state index contributed by atoms with van der Waals surface area (Å²) >= 11 is 0. The van der Waals surface area contributed by atoms with Crippen LogP contribution in [0.2, 0.25) is 0 Å². The summed E-state index contributed by atoms with van der Waals surface area (Å²) in [5, 5.41) is 14.5. The van der Waals surface area contributed by atoms with Crippen LogP contribution in [0.4, 0.5) is 0 Å². The Morgan fingerprint density at radius 3 is 2.84 bits per heavy atom. The molecule has 100 valence electrons. The smallest absolute Gasteiger partial charge is 0.0771 e. The highest BCUT2D eigenvalue weighted by molar-refractivity contribution is 5.79. The van der Waals surface area contributed by atoms with Crippen LogP contribution in [0.3, 0.4) is 0 Å². The van der Waals surface area contributed by atoms with Crippen molar-refractivity contribution in [2.75, 3.05) is 6.54 Å². The fraction of sp³-hybridized carbons (Fsp3) is 0.438. The first kappa shape index (κ1) is 12.6. The molecule has 0 unspecified atom stereocenters. The number of aryl methyl sites for hydroxylation is 1. The Labute approximate surface area is 113 Å². The number of hydrogen-bond acceptors (Lipinski definition) is 3. The van der Waals surface area contributed by atoms with Crippen LogP contribution >= 0.6 is 0 Å². The van der Waals surface area contributed by atoms with Crippen molar-refractivity contribution >= 4 is 10.9 Å². The Morgan fingerprint density at radius 2 is 2.11 bits per heavy atom. The normalized spacial score (nSPS) is 17.4. The van der Waals surface area contributed by atoms with E-state index in [1.807, 2.05) is 13.0 Å². The van der Waals surface area contributed by atoms with E-state index in [1.165, 1.54) is 10.9 Å². The summed E-state index contributed by atoms with van der Waals surface area (Å²) in [5.41, 5.74) is 2.88. The molecule has 1 heterocycles. The van der Waals surface area contributed by atoms with Gasteiger partial charge in [0.25, 0.3) is 0 Å². The molecule has 0 atom stereocenters. The molecule has 1 aliphatic carbocycles. The van der Waals surface area contributed by atoms with Crippen LogP contribution < -0.4 is 5.32 Å². The highest BCUT2D eigenvalue weighted by Gasteiger charge is 2.33. The standard InChI is InChI=1S/C16H20N2O/c1-12-3-5-14-9-13(4-6-15(14)18-12)10-17-11-16(19)7-2-8-16/h3-6,9,17,19H,2,7-8,10-11H2,1H3. The van der Waals surface area contributed by atoms with Crippen LogP contribution in [0.5, 0.6) is 0 Å². The van der Waals surface area contributed by atoms with E-state index in [0.29, 0.717) is 6.54 Å². The third kappa shape index (κ3) is 2.77. The van der Waals surface area contributed by atoms with E-state index in [-0.39, 0.29) is 0 Å². The molecule has 3 nitrogen and oxygen atoms in total. The van der Waals surface area contributed by atoms with Gasteiger partial charge in [-0.1, -0.05) is 12.1 Å². The molecular formula is C16H20N2O. The molecule has 3 heteroatoms. The lowest BCUT2D eigenvalue weighted by Crippen LogP contribution is -2.45. The second-order valence-corrected chi connectivity index (χ2v) is 5.66. The van der Waals surface area contributed by atoms with Gasteiger partial charge in [0.15, 0.2) is 0 Å². The van der Waals surface area contributed by atoms with E-state index in [0.717, 1.165) is 37.0 Å². The third-order valence-corrected chi connectivity index (χ3v) is 3.96. The highest BCUT2D eigenvalue weighted by Crippen LogP contribution is 2.30. The Bertz CT molecular complexity index is 590. The van der Waals surface area contributed by atoms with E-state index in [1.54, 1.807) is 0 Å². The number of hydrogen-bond donors (Lipinski definition) is 2. The molecular weight excluding hydrogens is 236 g/mol. The van der Waals surface area contributed by atoms with Gasteiger partial charge >= 0.3 is 0 Å². The van der Waals surface area contributed by atoms with Gasteiger partial charge in [-0.05, 0) is 49.9 Å². The average Bonchev–Trinajstić information content (AvgIpc) is 2.37. The van der Waals surface area contributed by atoms with E-state index < -0.39 is 5.60 Å². The van der Waals surface area contributed by atoms with Gasteiger partial charge in [0, 0.05) is 24.2 Å². The van der Waals surface area contributed by atoms with Gasteiger partial charge in [0.1, 0.15) is 0 Å². The van der Waals surface area contributed by atoms with Crippen molar-refractivity contribution in [1.29, 1.82) is 0 Å². The van der Waals surface area contributed by atoms with E-state index in [9.17, 15) is 5.11 Å². The van der Waals surface area contributed by atoms with Crippen LogP contribution in [0.1, 0.15) is 30.5 Å². The van der Waals surface area contributed by atoms with Crippen LogP contribution in [0.15, 0.2) is 30.3 Å². The number of nitrogens with one attached hydrogen (secondary N) is 1. The number of rotatable bonds is 4. The summed E-state index contributed by atoms with van der Waals surface area (Å²) in [7, 11) is 0. The van der Waals surface area contributed by atoms with Crippen molar-refractivity contribution in [3.8, 4) is 0 Å². The van der Waals surface area contributed by atoms with Gasteiger partial charge in [-0.25, -0.2) is 0 Å². The Morgan fingerprint density at radius 1 is 1.26 bits per heavy atom. The molecule has 1 fully saturated rings. The average molecular weight is 256 g/mol. The van der Waals surface area contributed by atoms with Gasteiger partial charge in [-0.15, -0.1) is 0 Å². The molecule has 0 bridgehead atoms. The summed E-state index contributed by atoms with van der Waals surface area (Å²) in [4.78, 5) is 4.50. The predicted octanol–water partition coefficient (Wildman–Crippen LogP) is 2.55. The maximum atomic E-state index is 10.0. The Balaban J connectivity index is 1.66. The van der Waals surface area contributed by atoms with Crippen molar-refractivity contribution in [1.82, 2.24) is 10.3 Å². The van der Waals surface area contributed by atoms with Crippen molar-refractivity contribution in [3.63, 3.8) is 0 Å². The van der Waals surface area contributed by atoms with Crippen molar-refractivity contribution < 1.29 is 5.11 Å². The molecule has 1 saturated carbocycles. The lowest BCUT2D eigenvalue weighted by molar-refractivity contribution is -0.0314. The van der Waals surface area contributed by atoms with Gasteiger partial charge < -0.3 is 10.4 Å². The molecule has 1 aromatic heterocycles. The number of fused-ring (bicyclic) bond motifs is 1. The van der Waals surface area contributed by atoms with Crippen molar-refractivity contribution in [2.45, 2.75) is 38.3 Å². The summed E-state index contributed by atoms with van der Waals surface area (Å²) in [6.45, 7) is 3.50. The lowest BCUT2D eigenvalue weighted by Gasteiger charge is -2.36. The topological polar surface area (TPSA) is 45.1 Å². The van der Waals surface area contributed by atoms with Crippen LogP contribution in [0.25, 0.3) is 10.9 Å². The van der Waals surface area contributed by atoms with Crippen LogP contribution in [0, 0.1) is 6.92 Å². The SMILES string of the molecule is Cc1ccc2cc(CNCC3(O)CCC3)ccc2n1. The highest BCUT2D eigenvalue weighted by atomic mass is 16.3. The first-order chi connectivity index (χ1) is 9.15. The number of benzene rings is 1. The van der Waals surface area contributed by atoms with E-state index >= 15 is 0 Å². The summed E-state index contributed by atoms with van der Waals surface area (Å²) in [6.07, 6.45) is 3.01. The fourth-order valence-electron chi connectivity index (χ4n) is 2.59. The van der Waals surface area contributed by atoms with Gasteiger partial charge in [0.2, 0.25) is 0 Å². The Kier molecular flexibility index (Phi) is 3.25. The monoisotopic (exact) mass is 256 g/mol. The number of aliphatic hydroxyl groups is 1. The maximum absolute atomic E-state index is 10.0.